The minimum Gasteiger partial charge on any atom is -0.477 e. The van der Waals surface area contributed by atoms with Crippen LogP contribution in [0.2, 0.25) is 0 Å². The number of thiophene rings is 1. The van der Waals surface area contributed by atoms with Gasteiger partial charge in [-0.1, -0.05) is 62.2 Å². The van der Waals surface area contributed by atoms with Crippen molar-refractivity contribution in [2.45, 2.75) is 46.5 Å². The van der Waals surface area contributed by atoms with Crippen LogP contribution in [0, 0.1) is 25.2 Å². The van der Waals surface area contributed by atoms with E-state index in [0.29, 0.717) is 0 Å². The molecule has 0 radical (unpaired) electrons. The van der Waals surface area contributed by atoms with E-state index in [2.05, 4.69) is 73.9 Å². The molecule has 40 heavy (non-hydrogen) atoms. The van der Waals surface area contributed by atoms with Crippen molar-refractivity contribution in [1.82, 2.24) is 9.55 Å². The van der Waals surface area contributed by atoms with Crippen LogP contribution in [0.3, 0.4) is 0 Å². The number of benzene rings is 3. The number of aryl methyl sites for hydroxylation is 3. The Morgan fingerprint density at radius 1 is 1.00 bits per heavy atom. The quantitative estimate of drug-likeness (QED) is 0.114. The van der Waals surface area contributed by atoms with Gasteiger partial charge in [-0.15, -0.1) is 11.3 Å². The summed E-state index contributed by atoms with van der Waals surface area (Å²) in [5, 5.41) is 18.6. The summed E-state index contributed by atoms with van der Waals surface area (Å²) in [6.45, 7) is 6.41. The molecule has 5 rings (SSSR count). The van der Waals surface area contributed by atoms with Gasteiger partial charge in [0.05, 0.1) is 11.0 Å². The van der Waals surface area contributed by atoms with Crippen molar-refractivity contribution in [2.75, 3.05) is 0 Å². The Kier molecular flexibility index (Phi) is 7.95. The number of nitrogens with zero attached hydrogens (tertiary/aromatic N) is 3. The summed E-state index contributed by atoms with van der Waals surface area (Å²) >= 11 is 1.53. The predicted molar refractivity (Wildman–Crippen MR) is 164 cm³/mol. The summed E-state index contributed by atoms with van der Waals surface area (Å²) in [6, 6.07) is 27.0. The molecule has 0 aliphatic rings. The first-order chi connectivity index (χ1) is 19.4. The molecule has 0 fully saturated rings. The largest absolute Gasteiger partial charge is 0.477 e. The molecule has 0 atom stereocenters. The molecule has 0 spiro atoms. The van der Waals surface area contributed by atoms with E-state index in [4.69, 9.17) is 4.98 Å². The molecule has 0 amide bonds. The molecular formula is C34H31N3O2S. The zero-order valence-electron chi connectivity index (χ0n) is 22.9. The number of hydrogen-bond acceptors (Lipinski definition) is 4. The van der Waals surface area contributed by atoms with Crippen LogP contribution in [0.1, 0.15) is 47.8 Å². The molecule has 6 heteroatoms. The second-order valence-corrected chi connectivity index (χ2v) is 11.2. The molecule has 0 aliphatic heterocycles. The lowest BCUT2D eigenvalue weighted by Gasteiger charge is -2.12. The molecule has 0 saturated carbocycles. The highest BCUT2D eigenvalue weighted by Crippen LogP contribution is 2.37. The molecule has 5 nitrogen and oxygen atoms in total. The Morgan fingerprint density at radius 3 is 2.38 bits per heavy atom. The maximum Gasteiger partial charge on any atom is 0.346 e. The Bertz CT molecular complexity index is 1750. The lowest BCUT2D eigenvalue weighted by molar-refractivity contribution is -0.132. The van der Waals surface area contributed by atoms with Crippen LogP contribution in [0.15, 0.2) is 78.4 Å². The Hall–Kier alpha value is -4.47. The number of unbranched alkanes of at least 4 members (excludes halogenated alkanes) is 2. The third kappa shape index (κ3) is 5.61. The van der Waals surface area contributed by atoms with Gasteiger partial charge in [-0.05, 0) is 85.4 Å². The van der Waals surface area contributed by atoms with Crippen molar-refractivity contribution in [2.24, 2.45) is 0 Å². The third-order valence-corrected chi connectivity index (χ3v) is 8.12. The van der Waals surface area contributed by atoms with Gasteiger partial charge >= 0.3 is 5.97 Å². The fourth-order valence-electron chi connectivity index (χ4n) is 5.13. The second kappa shape index (κ2) is 11.7. The van der Waals surface area contributed by atoms with Gasteiger partial charge in [0, 0.05) is 21.0 Å². The molecule has 5 aromatic rings. The van der Waals surface area contributed by atoms with Gasteiger partial charge in [0.15, 0.2) is 0 Å². The first-order valence-electron chi connectivity index (χ1n) is 13.5. The van der Waals surface area contributed by atoms with Gasteiger partial charge in [0.25, 0.3) is 0 Å². The number of aromatic nitrogens is 2. The summed E-state index contributed by atoms with van der Waals surface area (Å²) in [6.07, 6.45) is 5.70. The maximum absolute atomic E-state index is 11.4. The summed E-state index contributed by atoms with van der Waals surface area (Å²) in [4.78, 5) is 18.3. The van der Waals surface area contributed by atoms with E-state index in [0.717, 1.165) is 69.1 Å². The molecule has 0 aliphatic carbocycles. The Morgan fingerprint density at radius 2 is 1.70 bits per heavy atom. The minimum atomic E-state index is -1.21. The summed E-state index contributed by atoms with van der Waals surface area (Å²) in [5.74, 6) is -0.322. The highest BCUT2D eigenvalue weighted by atomic mass is 32.1. The van der Waals surface area contributed by atoms with E-state index in [-0.39, 0.29) is 5.57 Å². The van der Waals surface area contributed by atoms with Crippen LogP contribution in [0.5, 0.6) is 0 Å². The van der Waals surface area contributed by atoms with Crippen molar-refractivity contribution in [3.8, 4) is 33.6 Å². The van der Waals surface area contributed by atoms with Crippen LogP contribution in [0.4, 0.5) is 0 Å². The fraction of sp³-hybridized carbons (Fsp3) is 0.206. The van der Waals surface area contributed by atoms with E-state index in [9.17, 15) is 15.2 Å². The smallest absolute Gasteiger partial charge is 0.346 e. The monoisotopic (exact) mass is 545 g/mol. The number of carbonyl (C=O) groups is 1. The SMILES string of the molecule is CCCCCc1cc(/C=C(\C#N)C(=O)O)sc1-c1ccc(-c2nc3ccccc3n2-c2cc(C)cc(C)c2)cc1. The van der Waals surface area contributed by atoms with Crippen molar-refractivity contribution in [1.29, 1.82) is 5.26 Å². The lowest BCUT2D eigenvalue weighted by atomic mass is 10.0. The van der Waals surface area contributed by atoms with E-state index in [1.54, 1.807) is 6.07 Å². The van der Waals surface area contributed by atoms with Crippen LogP contribution in [-0.2, 0) is 11.2 Å². The molecule has 200 valence electrons. The molecule has 2 heterocycles. The van der Waals surface area contributed by atoms with Gasteiger partial charge in [0.2, 0.25) is 0 Å². The van der Waals surface area contributed by atoms with Crippen LogP contribution in [-0.4, -0.2) is 20.6 Å². The molecule has 0 bridgehead atoms. The minimum absolute atomic E-state index is 0.256. The number of aliphatic carboxylic acids is 1. The third-order valence-electron chi connectivity index (χ3n) is 6.95. The number of para-hydroxylation sites is 2. The molecular weight excluding hydrogens is 514 g/mol. The number of imidazole rings is 1. The van der Waals surface area contributed by atoms with Gasteiger partial charge < -0.3 is 5.11 Å². The standard InChI is InChI=1S/C34H31N3O2S/c1-4-5-6-9-26-19-29(20-27(21-35)34(38)39)40-32(26)24-12-14-25(15-13-24)33-36-30-10-7-8-11-31(30)37(33)28-17-22(2)16-23(3)18-28/h7-8,10-20H,4-6,9H2,1-3H3,(H,38,39)/b27-20+. The highest BCUT2D eigenvalue weighted by Gasteiger charge is 2.17. The van der Waals surface area contributed by atoms with Gasteiger partial charge in [-0.3, -0.25) is 4.57 Å². The van der Waals surface area contributed by atoms with E-state index < -0.39 is 5.97 Å². The number of carboxylic acid groups (broad SMARTS) is 1. The zero-order chi connectivity index (χ0) is 28.2. The Labute approximate surface area is 238 Å². The predicted octanol–water partition coefficient (Wildman–Crippen LogP) is 8.76. The summed E-state index contributed by atoms with van der Waals surface area (Å²) in [7, 11) is 0. The topological polar surface area (TPSA) is 78.9 Å². The average molecular weight is 546 g/mol. The van der Waals surface area contributed by atoms with E-state index in [1.165, 1.54) is 34.1 Å². The number of rotatable bonds is 9. The highest BCUT2D eigenvalue weighted by molar-refractivity contribution is 7.16. The van der Waals surface area contributed by atoms with Crippen molar-refractivity contribution in [3.05, 3.63) is 99.9 Å². The van der Waals surface area contributed by atoms with Crippen molar-refractivity contribution < 1.29 is 9.90 Å². The molecule has 0 saturated heterocycles. The number of fused-ring (bicyclic) bond motifs is 1. The second-order valence-electron chi connectivity index (χ2n) is 10.1. The normalized spacial score (nSPS) is 11.6. The number of hydrogen-bond donors (Lipinski definition) is 1. The number of nitriles is 1. The summed E-state index contributed by atoms with van der Waals surface area (Å²) < 4.78 is 2.23. The molecule has 0 unspecified atom stereocenters. The van der Waals surface area contributed by atoms with Gasteiger partial charge in [-0.2, -0.15) is 5.26 Å². The first-order valence-corrected chi connectivity index (χ1v) is 14.3. The lowest BCUT2D eigenvalue weighted by Crippen LogP contribution is -1.99. The van der Waals surface area contributed by atoms with E-state index >= 15 is 0 Å². The van der Waals surface area contributed by atoms with Crippen LogP contribution in [0.25, 0.3) is 44.6 Å². The van der Waals surface area contributed by atoms with E-state index in [1.807, 2.05) is 24.3 Å². The van der Waals surface area contributed by atoms with Crippen molar-refractivity contribution >= 4 is 34.4 Å². The van der Waals surface area contributed by atoms with Crippen LogP contribution >= 0.6 is 11.3 Å². The van der Waals surface area contributed by atoms with Gasteiger partial charge in [-0.25, -0.2) is 9.78 Å². The molecule has 1 N–H and O–H groups in total. The molecule has 2 aromatic heterocycles. The van der Waals surface area contributed by atoms with Crippen LogP contribution < -0.4 is 0 Å². The molecule has 3 aromatic carbocycles. The van der Waals surface area contributed by atoms with Gasteiger partial charge in [0.1, 0.15) is 17.5 Å². The summed E-state index contributed by atoms with van der Waals surface area (Å²) in [5.41, 5.74) is 8.51. The first kappa shape index (κ1) is 27.1. The Balaban J connectivity index is 1.58. The average Bonchev–Trinajstić information content (AvgIpc) is 3.53. The maximum atomic E-state index is 11.4. The number of carboxylic acids is 1. The van der Waals surface area contributed by atoms with Crippen molar-refractivity contribution in [3.63, 3.8) is 0 Å². The fourth-order valence-corrected chi connectivity index (χ4v) is 6.29. The zero-order valence-corrected chi connectivity index (χ0v) is 23.8.